The van der Waals surface area contributed by atoms with Crippen molar-refractivity contribution in [3.05, 3.63) is 70.0 Å². The normalized spacial score (nSPS) is 19.2. The third-order valence-electron chi connectivity index (χ3n) is 5.75. The third kappa shape index (κ3) is 5.64. The Morgan fingerprint density at radius 1 is 0.933 bits per heavy atom. The average Bonchev–Trinajstić information content (AvgIpc) is 2.75. The maximum Gasteiger partial charge on any atom is 0.162 e. The molecular weight excluding hydrogens is 389 g/mol. The van der Waals surface area contributed by atoms with E-state index in [4.69, 9.17) is 9.47 Å². The van der Waals surface area contributed by atoms with E-state index in [1.165, 1.54) is 0 Å². The minimum Gasteiger partial charge on any atom is -0.352 e. The van der Waals surface area contributed by atoms with Crippen molar-refractivity contribution in [2.45, 2.75) is 77.6 Å². The lowest BCUT2D eigenvalue weighted by atomic mass is 9.91. The van der Waals surface area contributed by atoms with Gasteiger partial charge in [0, 0.05) is 11.5 Å². The molecule has 2 nitrogen and oxygen atoms in total. The predicted molar refractivity (Wildman–Crippen MR) is 112 cm³/mol. The number of hydrogen-bond acceptors (Lipinski definition) is 2. The van der Waals surface area contributed by atoms with Gasteiger partial charge < -0.3 is 9.47 Å². The molecule has 1 aliphatic heterocycles. The summed E-state index contributed by atoms with van der Waals surface area (Å²) in [6.45, 7) is 4.47. The second-order valence-corrected chi connectivity index (χ2v) is 8.07. The van der Waals surface area contributed by atoms with Crippen LogP contribution in [0.15, 0.2) is 30.3 Å². The van der Waals surface area contributed by atoms with Gasteiger partial charge in [0.2, 0.25) is 0 Å². The molecule has 2 aromatic carbocycles. The van der Waals surface area contributed by atoms with Gasteiger partial charge in [-0.1, -0.05) is 51.0 Å². The molecule has 0 bridgehead atoms. The van der Waals surface area contributed by atoms with E-state index < -0.39 is 17.9 Å². The third-order valence-corrected chi connectivity index (χ3v) is 5.75. The highest BCUT2D eigenvalue weighted by atomic mass is 19.2. The van der Waals surface area contributed by atoms with Crippen LogP contribution in [0.2, 0.25) is 0 Å². The zero-order valence-corrected chi connectivity index (χ0v) is 17.9. The molecule has 2 aromatic rings. The zero-order chi connectivity index (χ0) is 21.5. The van der Waals surface area contributed by atoms with Gasteiger partial charge in [-0.25, -0.2) is 13.2 Å². The van der Waals surface area contributed by atoms with E-state index in [0.717, 1.165) is 31.2 Å². The molecule has 3 rings (SSSR count). The quantitative estimate of drug-likeness (QED) is 0.442. The van der Waals surface area contributed by atoms with Crippen LogP contribution in [0, 0.1) is 17.5 Å². The second-order valence-electron chi connectivity index (χ2n) is 8.07. The summed E-state index contributed by atoms with van der Waals surface area (Å²) in [4.78, 5) is 0. The number of hydrogen-bond donors (Lipinski definition) is 0. The monoisotopic (exact) mass is 420 g/mol. The molecule has 0 radical (unpaired) electrons. The van der Waals surface area contributed by atoms with Gasteiger partial charge in [-0.15, -0.1) is 0 Å². The average molecular weight is 421 g/mol. The first-order chi connectivity index (χ1) is 14.5. The highest BCUT2D eigenvalue weighted by molar-refractivity contribution is 5.29. The van der Waals surface area contributed by atoms with E-state index >= 15 is 0 Å². The first-order valence-corrected chi connectivity index (χ1v) is 11.0. The largest absolute Gasteiger partial charge is 0.352 e. The lowest BCUT2D eigenvalue weighted by Gasteiger charge is -2.29. The summed E-state index contributed by atoms with van der Waals surface area (Å²) >= 11 is 0. The highest BCUT2D eigenvalue weighted by Gasteiger charge is 2.27. The topological polar surface area (TPSA) is 18.5 Å². The summed E-state index contributed by atoms with van der Waals surface area (Å²) in [6, 6.07) is 8.61. The minimum absolute atomic E-state index is 0.128. The van der Waals surface area contributed by atoms with Crippen molar-refractivity contribution in [1.82, 2.24) is 0 Å². The summed E-state index contributed by atoms with van der Waals surface area (Å²) in [5, 5.41) is 0. The Morgan fingerprint density at radius 3 is 2.40 bits per heavy atom. The van der Waals surface area contributed by atoms with Crippen molar-refractivity contribution in [3.8, 4) is 0 Å². The van der Waals surface area contributed by atoms with Crippen LogP contribution in [-0.4, -0.2) is 12.9 Å². The fraction of sp³-hybridized carbons (Fsp3) is 0.520. The van der Waals surface area contributed by atoms with Crippen LogP contribution in [-0.2, 0) is 28.9 Å². The molecule has 0 aliphatic carbocycles. The number of unbranched alkanes of at least 4 members (excludes halogenated alkanes) is 1. The molecule has 1 heterocycles. The maximum absolute atomic E-state index is 14.6. The van der Waals surface area contributed by atoms with Crippen molar-refractivity contribution in [2.75, 3.05) is 6.61 Å². The molecule has 1 saturated heterocycles. The number of ether oxygens (including phenoxy) is 2. The lowest BCUT2D eigenvalue weighted by Crippen LogP contribution is -2.27. The highest BCUT2D eigenvalue weighted by Crippen LogP contribution is 2.32. The van der Waals surface area contributed by atoms with Gasteiger partial charge in [-0.05, 0) is 54.9 Å². The van der Waals surface area contributed by atoms with Gasteiger partial charge >= 0.3 is 0 Å². The smallest absolute Gasteiger partial charge is 0.162 e. The first-order valence-electron chi connectivity index (χ1n) is 11.0. The first kappa shape index (κ1) is 22.8. The van der Waals surface area contributed by atoms with Crippen LogP contribution in [0.5, 0.6) is 0 Å². The van der Waals surface area contributed by atoms with E-state index in [1.54, 1.807) is 24.3 Å². The van der Waals surface area contributed by atoms with E-state index in [0.29, 0.717) is 36.0 Å². The van der Waals surface area contributed by atoms with E-state index in [-0.39, 0.29) is 24.9 Å². The zero-order valence-electron chi connectivity index (χ0n) is 17.9. The maximum atomic E-state index is 14.6. The molecule has 2 atom stereocenters. The van der Waals surface area contributed by atoms with Crippen LogP contribution < -0.4 is 0 Å². The van der Waals surface area contributed by atoms with Crippen molar-refractivity contribution < 1.29 is 22.6 Å². The van der Waals surface area contributed by atoms with E-state index in [1.807, 2.05) is 13.0 Å². The summed E-state index contributed by atoms with van der Waals surface area (Å²) in [6.07, 6.45) is 4.86. The lowest BCUT2D eigenvalue weighted by molar-refractivity contribution is -0.174. The molecule has 0 aromatic heterocycles. The Kier molecular flexibility index (Phi) is 8.34. The molecule has 1 fully saturated rings. The van der Waals surface area contributed by atoms with Gasteiger partial charge in [0.25, 0.3) is 0 Å². The van der Waals surface area contributed by atoms with Crippen LogP contribution in [0.25, 0.3) is 0 Å². The SMILES string of the molecule is CCCCc1ccc(C2CCC(OCc3ccc(CCC)cc3F)OC2)c(F)c1F. The number of rotatable bonds is 9. The van der Waals surface area contributed by atoms with E-state index in [2.05, 4.69) is 6.92 Å². The second kappa shape index (κ2) is 11.0. The number of benzene rings is 2. The molecule has 30 heavy (non-hydrogen) atoms. The summed E-state index contributed by atoms with van der Waals surface area (Å²) in [5.74, 6) is -1.97. The molecule has 0 N–H and O–H groups in total. The molecular formula is C25H31F3O2. The number of aryl methyl sites for hydroxylation is 2. The van der Waals surface area contributed by atoms with E-state index in [9.17, 15) is 13.2 Å². The van der Waals surface area contributed by atoms with Gasteiger partial charge in [0.05, 0.1) is 13.2 Å². The fourth-order valence-electron chi connectivity index (χ4n) is 3.92. The fourth-order valence-corrected chi connectivity index (χ4v) is 3.92. The van der Waals surface area contributed by atoms with Crippen LogP contribution in [0.1, 0.15) is 74.1 Å². The van der Waals surface area contributed by atoms with Gasteiger partial charge in [-0.3, -0.25) is 0 Å². The molecule has 0 amide bonds. The van der Waals surface area contributed by atoms with Crippen LogP contribution in [0.4, 0.5) is 13.2 Å². The van der Waals surface area contributed by atoms with Crippen LogP contribution >= 0.6 is 0 Å². The van der Waals surface area contributed by atoms with Crippen molar-refractivity contribution >= 4 is 0 Å². The molecule has 0 saturated carbocycles. The summed E-state index contributed by atoms with van der Waals surface area (Å²) in [5.41, 5.74) is 2.27. The van der Waals surface area contributed by atoms with Crippen LogP contribution in [0.3, 0.4) is 0 Å². The number of halogens is 3. The molecule has 164 valence electrons. The molecule has 1 aliphatic rings. The van der Waals surface area contributed by atoms with Crippen molar-refractivity contribution in [2.24, 2.45) is 0 Å². The molecule has 5 heteroatoms. The minimum atomic E-state index is -0.759. The van der Waals surface area contributed by atoms with Gasteiger partial charge in [0.15, 0.2) is 17.9 Å². The van der Waals surface area contributed by atoms with Crippen molar-refractivity contribution in [3.63, 3.8) is 0 Å². The Balaban J connectivity index is 1.53. The predicted octanol–water partition coefficient (Wildman–Crippen LogP) is 6.84. The molecule has 2 unspecified atom stereocenters. The van der Waals surface area contributed by atoms with Gasteiger partial charge in [-0.2, -0.15) is 0 Å². The molecule has 0 spiro atoms. The Labute approximate surface area is 177 Å². The van der Waals surface area contributed by atoms with Crippen molar-refractivity contribution in [1.29, 1.82) is 0 Å². The Bertz CT molecular complexity index is 829. The Morgan fingerprint density at radius 2 is 1.73 bits per heavy atom. The summed E-state index contributed by atoms with van der Waals surface area (Å²) < 4.78 is 54.6. The van der Waals surface area contributed by atoms with Gasteiger partial charge in [0.1, 0.15) is 5.82 Å². The summed E-state index contributed by atoms with van der Waals surface area (Å²) in [7, 11) is 0. The standard InChI is InChI=1S/C25H31F3O2/c1-3-5-7-18-10-12-21(25(28)24(18)27)19-11-13-23(29-15-19)30-16-20-9-8-17(6-4-2)14-22(20)26/h8-10,12,14,19,23H,3-7,11,13,15-16H2,1-2H3. The Hall–Kier alpha value is -1.85.